The van der Waals surface area contributed by atoms with Crippen LogP contribution in [0.4, 0.5) is 0 Å². The zero-order valence-electron chi connectivity index (χ0n) is 8.56. The Morgan fingerprint density at radius 3 is 2.33 bits per heavy atom. The summed E-state index contributed by atoms with van der Waals surface area (Å²) >= 11 is 0. The van der Waals surface area contributed by atoms with Crippen molar-refractivity contribution in [2.24, 2.45) is 0 Å². The van der Waals surface area contributed by atoms with Gasteiger partial charge < -0.3 is 4.57 Å². The maximum Gasteiger partial charge on any atom is 0.290 e. The van der Waals surface area contributed by atoms with Gasteiger partial charge >= 0.3 is 0 Å². The average molecular weight is 251 g/mol. The zero-order chi connectivity index (χ0) is 11.9. The summed E-state index contributed by atoms with van der Waals surface area (Å²) in [5.41, 5.74) is -1.23. The lowest BCUT2D eigenvalue weighted by Crippen LogP contribution is -2.36. The predicted molar refractivity (Wildman–Crippen MR) is 56.5 cm³/mol. The molecule has 0 saturated heterocycles. The third kappa shape index (κ3) is 2.57. The molecular weight excluding hydrogens is 240 g/mol. The van der Waals surface area contributed by atoms with Gasteiger partial charge in [0.2, 0.25) is 5.03 Å². The highest BCUT2D eigenvalue weighted by Crippen LogP contribution is 2.12. The van der Waals surface area contributed by atoms with Gasteiger partial charge in [-0.2, -0.15) is 0 Å². The Morgan fingerprint density at radius 1 is 1.40 bits per heavy atom. The van der Waals surface area contributed by atoms with Crippen LogP contribution < -0.4 is 5.56 Å². The Hall–Kier alpha value is -0.880. The minimum Gasteiger partial charge on any atom is -0.306 e. The number of rotatable bonds is 1. The molecule has 0 fully saturated rings. The van der Waals surface area contributed by atoms with Crippen molar-refractivity contribution in [2.45, 2.75) is 31.3 Å². The highest BCUT2D eigenvalue weighted by Gasteiger charge is 2.22. The molecule has 0 spiro atoms. The molecule has 7 heteroatoms. The van der Waals surface area contributed by atoms with Crippen molar-refractivity contribution in [3.8, 4) is 0 Å². The maximum absolute atomic E-state index is 11.7. The van der Waals surface area contributed by atoms with Gasteiger partial charge in [-0.3, -0.25) is 4.79 Å². The van der Waals surface area contributed by atoms with Crippen LogP contribution in [-0.4, -0.2) is 18.0 Å². The predicted octanol–water partition coefficient (Wildman–Crippen LogP) is 0.926. The van der Waals surface area contributed by atoms with Crippen molar-refractivity contribution in [3.63, 3.8) is 0 Å². The van der Waals surface area contributed by atoms with Crippen molar-refractivity contribution >= 4 is 19.7 Å². The summed E-state index contributed by atoms with van der Waals surface area (Å²) < 4.78 is 23.3. The van der Waals surface area contributed by atoms with Gasteiger partial charge in [-0.25, -0.2) is 13.4 Å². The third-order valence-electron chi connectivity index (χ3n) is 1.76. The molecule has 1 heterocycles. The number of hydrogen-bond acceptors (Lipinski definition) is 4. The Bertz CT molecular complexity index is 528. The first-order chi connectivity index (χ1) is 6.64. The highest BCUT2D eigenvalue weighted by molar-refractivity contribution is 8.13. The number of aromatic nitrogens is 2. The first-order valence-corrected chi connectivity index (χ1v) is 6.48. The molecule has 0 aliphatic rings. The van der Waals surface area contributed by atoms with Crippen molar-refractivity contribution in [3.05, 3.63) is 22.7 Å². The highest BCUT2D eigenvalue weighted by atomic mass is 35.7. The van der Waals surface area contributed by atoms with Crippen LogP contribution >= 0.6 is 10.7 Å². The number of nitrogens with zero attached hydrogens (tertiary/aromatic N) is 2. The molecule has 1 aromatic heterocycles. The van der Waals surface area contributed by atoms with E-state index in [1.807, 2.05) is 0 Å². The van der Waals surface area contributed by atoms with Crippen LogP contribution in [0.15, 0.2) is 22.2 Å². The van der Waals surface area contributed by atoms with Crippen LogP contribution in [0, 0.1) is 0 Å². The SMILES string of the molecule is CC(C)(C)n1ccnc(S(=O)(=O)Cl)c1=O. The second-order valence-corrected chi connectivity index (χ2v) is 6.50. The molecule has 0 aliphatic carbocycles. The molecule has 0 radical (unpaired) electrons. The van der Waals surface area contributed by atoms with Crippen LogP contribution in [0.25, 0.3) is 0 Å². The van der Waals surface area contributed by atoms with Gasteiger partial charge in [-0.05, 0) is 20.8 Å². The van der Waals surface area contributed by atoms with E-state index >= 15 is 0 Å². The molecule has 15 heavy (non-hydrogen) atoms. The van der Waals surface area contributed by atoms with Gasteiger partial charge in [0.15, 0.2) is 0 Å². The van der Waals surface area contributed by atoms with Crippen LogP contribution in [0.3, 0.4) is 0 Å². The van der Waals surface area contributed by atoms with Gasteiger partial charge in [-0.15, -0.1) is 0 Å². The normalized spacial score (nSPS) is 12.8. The molecular formula is C8H11ClN2O3S. The van der Waals surface area contributed by atoms with Crippen molar-refractivity contribution in [1.82, 2.24) is 9.55 Å². The fourth-order valence-corrected chi connectivity index (χ4v) is 1.90. The fraction of sp³-hybridized carbons (Fsp3) is 0.500. The molecule has 0 atom stereocenters. The number of hydrogen-bond donors (Lipinski definition) is 0. The molecule has 1 aromatic rings. The smallest absolute Gasteiger partial charge is 0.290 e. The molecule has 0 aromatic carbocycles. The lowest BCUT2D eigenvalue weighted by molar-refractivity contribution is 0.376. The summed E-state index contributed by atoms with van der Waals surface area (Å²) in [6.45, 7) is 5.33. The monoisotopic (exact) mass is 250 g/mol. The Balaban J connectivity index is 3.59. The largest absolute Gasteiger partial charge is 0.306 e. The molecule has 1 rings (SSSR count). The van der Waals surface area contributed by atoms with Crippen LogP contribution in [0.5, 0.6) is 0 Å². The second kappa shape index (κ2) is 3.61. The van der Waals surface area contributed by atoms with E-state index in [4.69, 9.17) is 10.7 Å². The quantitative estimate of drug-likeness (QED) is 0.695. The van der Waals surface area contributed by atoms with Crippen molar-refractivity contribution in [1.29, 1.82) is 0 Å². The van der Waals surface area contributed by atoms with Gasteiger partial charge in [-0.1, -0.05) is 0 Å². The van der Waals surface area contributed by atoms with E-state index in [9.17, 15) is 13.2 Å². The molecule has 0 bridgehead atoms. The minimum atomic E-state index is -4.09. The standard InChI is InChI=1S/C8H11ClN2O3S/c1-8(2,3)11-5-4-10-6(7(11)12)15(9,13)14/h4-5H,1-3H3. The summed E-state index contributed by atoms with van der Waals surface area (Å²) in [7, 11) is 0.994. The molecule has 0 amide bonds. The Kier molecular flexibility index (Phi) is 2.93. The molecule has 5 nitrogen and oxygen atoms in total. The topological polar surface area (TPSA) is 69.0 Å². The van der Waals surface area contributed by atoms with E-state index in [0.717, 1.165) is 0 Å². The summed E-state index contributed by atoms with van der Waals surface area (Å²) in [6.07, 6.45) is 2.66. The molecule has 0 aliphatic heterocycles. The lowest BCUT2D eigenvalue weighted by Gasteiger charge is -2.21. The van der Waals surface area contributed by atoms with Gasteiger partial charge in [0, 0.05) is 28.6 Å². The van der Waals surface area contributed by atoms with Crippen LogP contribution in [0.2, 0.25) is 0 Å². The molecule has 0 saturated carbocycles. The van der Waals surface area contributed by atoms with E-state index in [1.54, 1.807) is 20.8 Å². The zero-order valence-corrected chi connectivity index (χ0v) is 10.1. The van der Waals surface area contributed by atoms with E-state index in [1.165, 1.54) is 17.0 Å². The lowest BCUT2D eigenvalue weighted by atomic mass is 10.1. The van der Waals surface area contributed by atoms with Crippen LogP contribution in [0.1, 0.15) is 20.8 Å². The van der Waals surface area contributed by atoms with E-state index in [0.29, 0.717) is 0 Å². The average Bonchev–Trinajstić information content (AvgIpc) is 1.99. The second-order valence-electron chi connectivity index (χ2n) is 4.02. The van der Waals surface area contributed by atoms with E-state index in [2.05, 4.69) is 4.98 Å². The van der Waals surface area contributed by atoms with Gasteiger partial charge in [0.25, 0.3) is 14.6 Å². The van der Waals surface area contributed by atoms with Crippen LogP contribution in [-0.2, 0) is 14.6 Å². The summed E-state index contributed by atoms with van der Waals surface area (Å²) in [6, 6.07) is 0. The first kappa shape index (κ1) is 12.2. The summed E-state index contributed by atoms with van der Waals surface area (Å²) in [4.78, 5) is 15.2. The van der Waals surface area contributed by atoms with Crippen molar-refractivity contribution in [2.75, 3.05) is 0 Å². The Morgan fingerprint density at radius 2 is 1.93 bits per heavy atom. The van der Waals surface area contributed by atoms with E-state index < -0.39 is 25.2 Å². The minimum absolute atomic E-state index is 0.518. The van der Waals surface area contributed by atoms with Crippen molar-refractivity contribution < 1.29 is 8.42 Å². The first-order valence-electron chi connectivity index (χ1n) is 4.17. The number of halogens is 1. The fourth-order valence-electron chi connectivity index (χ4n) is 1.09. The molecule has 0 N–H and O–H groups in total. The molecule has 84 valence electrons. The van der Waals surface area contributed by atoms with E-state index in [-0.39, 0.29) is 0 Å². The Labute approximate surface area is 92.1 Å². The summed E-state index contributed by atoms with van der Waals surface area (Å²) in [5.74, 6) is 0. The third-order valence-corrected chi connectivity index (χ3v) is 2.94. The summed E-state index contributed by atoms with van der Waals surface area (Å²) in [5, 5.41) is -0.637. The molecule has 0 unspecified atom stereocenters. The maximum atomic E-state index is 11.7. The van der Waals surface area contributed by atoms with Gasteiger partial charge in [0.1, 0.15) is 0 Å². The van der Waals surface area contributed by atoms with Gasteiger partial charge in [0.05, 0.1) is 0 Å².